The molecule has 158 valence electrons. The minimum absolute atomic E-state index is 0.124. The zero-order chi connectivity index (χ0) is 21.4. The van der Waals surface area contributed by atoms with E-state index in [2.05, 4.69) is 94.5 Å². The summed E-state index contributed by atoms with van der Waals surface area (Å²) in [6.45, 7) is 30.8. The molecule has 0 spiro atoms. The number of hydrogen-bond donors (Lipinski definition) is 1. The molecule has 27 heavy (non-hydrogen) atoms. The summed E-state index contributed by atoms with van der Waals surface area (Å²) in [6.07, 6.45) is 2.48. The summed E-state index contributed by atoms with van der Waals surface area (Å²) in [5.41, 5.74) is 3.81. The smallest absolute Gasteiger partial charge is 0.0513 e. The molecule has 0 amide bonds. The van der Waals surface area contributed by atoms with Gasteiger partial charge in [-0.25, -0.2) is 0 Å². The first-order valence-corrected chi connectivity index (χ1v) is 12.7. The van der Waals surface area contributed by atoms with E-state index in [1.54, 1.807) is 0 Å². The zero-order valence-corrected chi connectivity index (χ0v) is 21.3. The summed E-state index contributed by atoms with van der Waals surface area (Å²) in [5.74, 6) is 4.93. The van der Waals surface area contributed by atoms with E-state index in [1.807, 2.05) is 6.66 Å². The van der Waals surface area contributed by atoms with E-state index in [1.165, 1.54) is 34.8 Å². The minimum Gasteiger partial charge on any atom is -0.382 e. The van der Waals surface area contributed by atoms with E-state index in [0.717, 1.165) is 12.3 Å². The van der Waals surface area contributed by atoms with Gasteiger partial charge in [0.1, 0.15) is 0 Å². The van der Waals surface area contributed by atoms with Crippen LogP contribution in [0.1, 0.15) is 61.3 Å². The highest BCUT2D eigenvalue weighted by atomic mass is 32.2. The molecule has 0 saturated carbocycles. The van der Waals surface area contributed by atoms with Gasteiger partial charge in [-0.05, 0) is 61.4 Å². The molecule has 5 atom stereocenters. The van der Waals surface area contributed by atoms with Crippen molar-refractivity contribution in [1.29, 1.82) is 0 Å². The van der Waals surface area contributed by atoms with E-state index in [4.69, 9.17) is 0 Å². The van der Waals surface area contributed by atoms with Crippen molar-refractivity contribution in [2.75, 3.05) is 18.2 Å². The van der Waals surface area contributed by atoms with Crippen LogP contribution in [-0.4, -0.2) is 24.2 Å². The van der Waals surface area contributed by atoms with E-state index < -0.39 is 0 Å². The molecule has 1 N–H and O–H groups in total. The largest absolute Gasteiger partial charge is 0.382 e. The van der Waals surface area contributed by atoms with Crippen LogP contribution in [0, 0.1) is 29.1 Å². The lowest BCUT2D eigenvalue weighted by Gasteiger charge is -2.39. The van der Waals surface area contributed by atoms with Crippen LogP contribution >= 0.6 is 21.0 Å². The Bertz CT molecular complexity index is 483. The van der Waals surface area contributed by atoms with Crippen molar-refractivity contribution >= 4 is 21.0 Å². The van der Waals surface area contributed by atoms with Crippen molar-refractivity contribution in [3.63, 3.8) is 0 Å². The van der Waals surface area contributed by atoms with Crippen molar-refractivity contribution in [3.05, 3.63) is 36.6 Å². The van der Waals surface area contributed by atoms with E-state index in [0.29, 0.717) is 17.8 Å². The third-order valence-electron chi connectivity index (χ3n) is 5.34. The second-order valence-corrected chi connectivity index (χ2v) is 10.7. The molecule has 0 radical (unpaired) electrons. The van der Waals surface area contributed by atoms with Gasteiger partial charge in [0.2, 0.25) is 0 Å². The highest BCUT2D eigenvalue weighted by Gasteiger charge is 2.36. The first-order chi connectivity index (χ1) is 12.4. The Labute approximate surface area is 177 Å². The second-order valence-electron chi connectivity index (χ2n) is 9.55. The lowest BCUT2D eigenvalue weighted by molar-refractivity contribution is 0.250. The molecule has 1 heterocycles. The lowest BCUT2D eigenvalue weighted by atomic mass is 9.72. The van der Waals surface area contributed by atoms with Gasteiger partial charge in [-0.1, -0.05) is 72.2 Å². The van der Waals surface area contributed by atoms with Crippen molar-refractivity contribution in [2.24, 2.45) is 29.1 Å². The van der Waals surface area contributed by atoms with Gasteiger partial charge in [0.15, 0.2) is 0 Å². The predicted octanol–water partition coefficient (Wildman–Crippen LogP) is 7.18. The van der Waals surface area contributed by atoms with Gasteiger partial charge in [0.05, 0.1) is 6.04 Å². The van der Waals surface area contributed by atoms with E-state index >= 15 is 0 Å². The molecule has 0 aromatic heterocycles. The molecule has 0 bridgehead atoms. The monoisotopic (exact) mass is 411 g/mol. The minimum atomic E-state index is 0.124. The van der Waals surface area contributed by atoms with Gasteiger partial charge in [-0.3, -0.25) is 0 Å². The van der Waals surface area contributed by atoms with E-state index in [9.17, 15) is 0 Å². The summed E-state index contributed by atoms with van der Waals surface area (Å²) >= 11 is 2.09. The molecule has 1 saturated heterocycles. The van der Waals surface area contributed by atoms with Gasteiger partial charge in [-0.15, -0.1) is 9.24 Å². The standard InChI is InChI=1S/C23H41NS.CH5P/c1-15(2)13-20(21(16(3)4)19-11-12-25-14-19)18(7)24-22(17(5)6)23(8,9)10;1-2/h15,19-22,24H,3,5,7,11-14H2,1-2,4,6,8-10H3;2H2,1H3. The number of nitrogens with one attached hydrogen (secondary N) is 1. The maximum atomic E-state index is 4.52. The van der Waals surface area contributed by atoms with Gasteiger partial charge >= 0.3 is 0 Å². The molecule has 1 rings (SSSR count). The molecule has 1 nitrogen and oxygen atoms in total. The Kier molecular flexibility index (Phi) is 12.3. The van der Waals surface area contributed by atoms with Crippen molar-refractivity contribution in [2.45, 2.75) is 67.3 Å². The molecular weight excluding hydrogens is 365 g/mol. The fourth-order valence-corrected chi connectivity index (χ4v) is 5.61. The Balaban J connectivity index is 0.00000326. The maximum absolute atomic E-state index is 4.52. The van der Waals surface area contributed by atoms with Crippen molar-refractivity contribution < 1.29 is 0 Å². The third kappa shape index (κ3) is 8.78. The first-order valence-electron chi connectivity index (χ1n) is 10.4. The van der Waals surface area contributed by atoms with Gasteiger partial charge in [-0.2, -0.15) is 11.8 Å². The Morgan fingerprint density at radius 1 is 1.11 bits per heavy atom. The predicted molar refractivity (Wildman–Crippen MR) is 133 cm³/mol. The molecule has 5 unspecified atom stereocenters. The van der Waals surface area contributed by atoms with Gasteiger partial charge in [0.25, 0.3) is 0 Å². The van der Waals surface area contributed by atoms with Crippen LogP contribution in [0.5, 0.6) is 0 Å². The van der Waals surface area contributed by atoms with Crippen LogP contribution in [-0.2, 0) is 0 Å². The third-order valence-corrected chi connectivity index (χ3v) is 6.53. The van der Waals surface area contributed by atoms with Crippen LogP contribution in [0.25, 0.3) is 0 Å². The van der Waals surface area contributed by atoms with Gasteiger partial charge in [0, 0.05) is 11.6 Å². The zero-order valence-electron chi connectivity index (χ0n) is 19.3. The lowest BCUT2D eigenvalue weighted by Crippen LogP contribution is -2.43. The maximum Gasteiger partial charge on any atom is 0.0513 e. The van der Waals surface area contributed by atoms with Gasteiger partial charge < -0.3 is 5.32 Å². The molecular formula is C24H46NPS. The number of thioether (sulfide) groups is 1. The van der Waals surface area contributed by atoms with Crippen molar-refractivity contribution in [1.82, 2.24) is 5.32 Å². The van der Waals surface area contributed by atoms with Crippen LogP contribution in [0.15, 0.2) is 36.6 Å². The molecule has 3 heteroatoms. The quantitative estimate of drug-likeness (QED) is 0.318. The molecule has 0 aromatic carbocycles. The normalized spacial score (nSPS) is 20.3. The van der Waals surface area contributed by atoms with Crippen LogP contribution < -0.4 is 5.32 Å². The summed E-state index contributed by atoms with van der Waals surface area (Å²) < 4.78 is 0. The molecule has 0 aliphatic carbocycles. The fourth-order valence-electron chi connectivity index (χ4n) is 4.30. The topological polar surface area (TPSA) is 12.0 Å². The summed E-state index contributed by atoms with van der Waals surface area (Å²) in [7, 11) is 2.42. The average molecular weight is 412 g/mol. The summed E-state index contributed by atoms with van der Waals surface area (Å²) in [5, 5.41) is 3.78. The highest BCUT2D eigenvalue weighted by molar-refractivity contribution is 7.99. The van der Waals surface area contributed by atoms with Crippen LogP contribution in [0.3, 0.4) is 0 Å². The Morgan fingerprint density at radius 3 is 2.00 bits per heavy atom. The number of hydrogen-bond acceptors (Lipinski definition) is 2. The number of allylic oxidation sites excluding steroid dienone is 2. The second kappa shape index (κ2) is 12.4. The summed E-state index contributed by atoms with van der Waals surface area (Å²) in [6, 6.07) is 0.249. The van der Waals surface area contributed by atoms with E-state index in [-0.39, 0.29) is 11.5 Å². The Hall–Kier alpha value is -0.200. The molecule has 1 aliphatic rings. The SMILES string of the molecule is C=C(NC(C(=C)C)C(C)(C)C)C(CC(C)C)C(C(=C)C)C1CCSC1.CP. The number of rotatable bonds is 9. The summed E-state index contributed by atoms with van der Waals surface area (Å²) in [4.78, 5) is 0. The highest BCUT2D eigenvalue weighted by Crippen LogP contribution is 2.42. The molecule has 0 aromatic rings. The first kappa shape index (κ1) is 26.8. The van der Waals surface area contributed by atoms with Crippen molar-refractivity contribution in [3.8, 4) is 0 Å². The van der Waals surface area contributed by atoms with Crippen LogP contribution in [0.4, 0.5) is 0 Å². The molecule has 1 aliphatic heterocycles. The fraction of sp³-hybridized carbons (Fsp3) is 0.750. The van der Waals surface area contributed by atoms with Crippen LogP contribution in [0.2, 0.25) is 0 Å². The molecule has 1 fully saturated rings. The average Bonchev–Trinajstić information content (AvgIpc) is 3.05. The Morgan fingerprint density at radius 2 is 1.67 bits per heavy atom.